The molecule has 0 saturated heterocycles. The van der Waals surface area contributed by atoms with Crippen LogP contribution in [0.4, 0.5) is 4.79 Å². The SMILES string of the molecule is C=O.CC(C)CCCCCc1ccccc1O.NC(N)=O. The van der Waals surface area contributed by atoms with Crippen molar-refractivity contribution in [1.82, 2.24) is 0 Å². The highest BCUT2D eigenvalue weighted by Crippen LogP contribution is 2.18. The van der Waals surface area contributed by atoms with Crippen LogP contribution in [0.25, 0.3) is 0 Å². The van der Waals surface area contributed by atoms with Crippen molar-refractivity contribution < 1.29 is 14.7 Å². The zero-order valence-corrected chi connectivity index (χ0v) is 13.0. The van der Waals surface area contributed by atoms with Crippen molar-refractivity contribution in [3.8, 4) is 5.75 Å². The maximum atomic E-state index is 9.56. The number of rotatable bonds is 6. The van der Waals surface area contributed by atoms with E-state index in [0.29, 0.717) is 5.75 Å². The molecule has 0 aliphatic rings. The molecule has 0 bridgehead atoms. The molecule has 5 nitrogen and oxygen atoms in total. The van der Waals surface area contributed by atoms with E-state index in [0.717, 1.165) is 17.9 Å². The molecule has 1 aromatic rings. The van der Waals surface area contributed by atoms with Gasteiger partial charge in [0, 0.05) is 0 Å². The number of hydrogen-bond donors (Lipinski definition) is 3. The van der Waals surface area contributed by atoms with Crippen LogP contribution >= 0.6 is 0 Å². The molecule has 0 aliphatic heterocycles. The van der Waals surface area contributed by atoms with Crippen molar-refractivity contribution in [1.29, 1.82) is 0 Å². The van der Waals surface area contributed by atoms with Gasteiger partial charge in [-0.1, -0.05) is 51.3 Å². The molecule has 21 heavy (non-hydrogen) atoms. The molecule has 0 radical (unpaired) electrons. The predicted octanol–water partition coefficient (Wildman–Crippen LogP) is 2.99. The molecule has 0 saturated carbocycles. The highest BCUT2D eigenvalue weighted by molar-refractivity contribution is 5.69. The van der Waals surface area contributed by atoms with Gasteiger partial charge in [-0.05, 0) is 30.4 Å². The lowest BCUT2D eigenvalue weighted by Gasteiger charge is -2.05. The number of carbonyl (C=O) groups excluding carboxylic acids is 2. The van der Waals surface area contributed by atoms with Gasteiger partial charge in [-0.15, -0.1) is 0 Å². The number of aromatic hydroxyl groups is 1. The van der Waals surface area contributed by atoms with E-state index in [-0.39, 0.29) is 0 Å². The Kier molecular flexibility index (Phi) is 14.5. The molecule has 2 amide bonds. The number of aryl methyl sites for hydroxylation is 1. The molecule has 0 aromatic heterocycles. The monoisotopic (exact) mass is 296 g/mol. The van der Waals surface area contributed by atoms with Crippen LogP contribution in [0.5, 0.6) is 5.75 Å². The first-order valence-electron chi connectivity index (χ1n) is 7.04. The van der Waals surface area contributed by atoms with Crippen LogP contribution in [0, 0.1) is 5.92 Å². The van der Waals surface area contributed by atoms with Gasteiger partial charge in [-0.3, -0.25) is 0 Å². The number of urea groups is 1. The third-order valence-corrected chi connectivity index (χ3v) is 2.72. The number of phenolic OH excluding ortho intramolecular Hbond substituents is 1. The maximum absolute atomic E-state index is 9.56. The minimum Gasteiger partial charge on any atom is -0.508 e. The van der Waals surface area contributed by atoms with Crippen LogP contribution in [0.2, 0.25) is 0 Å². The fraction of sp³-hybridized carbons (Fsp3) is 0.500. The van der Waals surface area contributed by atoms with Gasteiger partial charge >= 0.3 is 6.03 Å². The van der Waals surface area contributed by atoms with Crippen LogP contribution in [0.15, 0.2) is 24.3 Å². The minimum atomic E-state index is -0.833. The Labute approximate surface area is 127 Å². The zero-order chi connectivity index (χ0) is 16.7. The largest absolute Gasteiger partial charge is 0.508 e. The van der Waals surface area contributed by atoms with Crippen molar-refractivity contribution in [3.05, 3.63) is 29.8 Å². The van der Waals surface area contributed by atoms with Gasteiger partial charge in [0.25, 0.3) is 0 Å². The van der Waals surface area contributed by atoms with E-state index < -0.39 is 6.03 Å². The van der Waals surface area contributed by atoms with Gasteiger partial charge in [0.05, 0.1) is 0 Å². The van der Waals surface area contributed by atoms with Crippen molar-refractivity contribution in [2.45, 2.75) is 46.0 Å². The van der Waals surface area contributed by atoms with Crippen molar-refractivity contribution in [2.75, 3.05) is 0 Å². The summed E-state index contributed by atoms with van der Waals surface area (Å²) in [5.74, 6) is 1.26. The van der Waals surface area contributed by atoms with Crippen LogP contribution < -0.4 is 11.5 Å². The summed E-state index contributed by atoms with van der Waals surface area (Å²) in [6.45, 7) is 6.53. The number of unbranched alkanes of at least 4 members (excludes halogenated alkanes) is 2. The molecule has 0 aliphatic carbocycles. The zero-order valence-electron chi connectivity index (χ0n) is 13.0. The summed E-state index contributed by atoms with van der Waals surface area (Å²) in [4.78, 5) is 17.0. The summed E-state index contributed by atoms with van der Waals surface area (Å²) in [6.07, 6.45) is 6.09. The van der Waals surface area contributed by atoms with Crippen molar-refractivity contribution in [3.63, 3.8) is 0 Å². The lowest BCUT2D eigenvalue weighted by Crippen LogP contribution is -2.18. The second-order valence-electron chi connectivity index (χ2n) is 5.02. The van der Waals surface area contributed by atoms with Crippen LogP contribution in [0.3, 0.4) is 0 Å². The molecule has 0 fully saturated rings. The number of carbonyl (C=O) groups is 2. The Balaban J connectivity index is 0. The molecule has 0 unspecified atom stereocenters. The van der Waals surface area contributed by atoms with E-state index >= 15 is 0 Å². The van der Waals surface area contributed by atoms with Gasteiger partial charge in [0.1, 0.15) is 12.5 Å². The summed E-state index contributed by atoms with van der Waals surface area (Å²) >= 11 is 0. The van der Waals surface area contributed by atoms with E-state index in [9.17, 15) is 5.11 Å². The molecule has 5 heteroatoms. The highest BCUT2D eigenvalue weighted by Gasteiger charge is 1.99. The van der Waals surface area contributed by atoms with Gasteiger partial charge in [-0.2, -0.15) is 0 Å². The molecule has 1 rings (SSSR count). The van der Waals surface area contributed by atoms with Gasteiger partial charge in [0.2, 0.25) is 0 Å². The standard InChI is InChI=1S/C14H22O.CH4N2O.CH2O/c1-12(2)8-4-3-5-9-13-10-6-7-11-14(13)15;2-1(3)4;1-2/h6-7,10-12,15H,3-5,8-9H2,1-2H3;(H4,2,3,4);1H2. The fourth-order valence-corrected chi connectivity index (χ4v) is 1.77. The number of nitrogens with two attached hydrogens (primary N) is 2. The maximum Gasteiger partial charge on any atom is 0.309 e. The first kappa shape index (κ1) is 21.3. The Morgan fingerprint density at radius 2 is 1.67 bits per heavy atom. The lowest BCUT2D eigenvalue weighted by atomic mass is 10.0. The predicted molar refractivity (Wildman–Crippen MR) is 86.0 cm³/mol. The molecule has 5 N–H and O–H groups in total. The van der Waals surface area contributed by atoms with Crippen LogP contribution in [-0.4, -0.2) is 17.9 Å². The fourth-order valence-electron chi connectivity index (χ4n) is 1.77. The summed E-state index contributed by atoms with van der Waals surface area (Å²) in [5, 5.41) is 9.56. The summed E-state index contributed by atoms with van der Waals surface area (Å²) in [6, 6.07) is 6.81. The normalized spacial score (nSPS) is 9.10. The minimum absolute atomic E-state index is 0.446. The molecule has 1 aromatic carbocycles. The number of phenols is 1. The third kappa shape index (κ3) is 15.9. The number of hydrogen-bond acceptors (Lipinski definition) is 3. The van der Waals surface area contributed by atoms with Crippen molar-refractivity contribution in [2.24, 2.45) is 17.4 Å². The van der Waals surface area contributed by atoms with Gasteiger partial charge in [0.15, 0.2) is 0 Å². The first-order valence-corrected chi connectivity index (χ1v) is 7.04. The molecular weight excluding hydrogens is 268 g/mol. The molecule has 0 spiro atoms. The Morgan fingerprint density at radius 1 is 1.14 bits per heavy atom. The highest BCUT2D eigenvalue weighted by atomic mass is 16.3. The second-order valence-corrected chi connectivity index (χ2v) is 5.02. The van der Waals surface area contributed by atoms with Gasteiger partial charge < -0.3 is 21.4 Å². The average Bonchev–Trinajstić information content (AvgIpc) is 2.42. The smallest absolute Gasteiger partial charge is 0.309 e. The molecule has 0 atom stereocenters. The summed E-state index contributed by atoms with van der Waals surface area (Å²) in [7, 11) is 0. The molecule has 0 heterocycles. The molecular formula is C16H28N2O3. The summed E-state index contributed by atoms with van der Waals surface area (Å²) < 4.78 is 0. The number of primary amides is 2. The average molecular weight is 296 g/mol. The number of benzene rings is 1. The summed E-state index contributed by atoms with van der Waals surface area (Å²) in [5.41, 5.74) is 9.59. The van der Waals surface area contributed by atoms with E-state index in [1.54, 1.807) is 6.07 Å². The van der Waals surface area contributed by atoms with E-state index in [1.165, 1.54) is 25.7 Å². The first-order chi connectivity index (χ1) is 9.93. The number of para-hydroxylation sites is 1. The lowest BCUT2D eigenvalue weighted by molar-refractivity contribution is -0.0979. The number of amides is 2. The van der Waals surface area contributed by atoms with Crippen LogP contribution in [-0.2, 0) is 11.2 Å². The van der Waals surface area contributed by atoms with E-state index in [2.05, 4.69) is 25.3 Å². The Bertz CT molecular complexity index is 378. The Hall–Kier alpha value is -2.04. The topological polar surface area (TPSA) is 106 Å². The van der Waals surface area contributed by atoms with E-state index in [1.807, 2.05) is 25.0 Å². The van der Waals surface area contributed by atoms with E-state index in [4.69, 9.17) is 9.59 Å². The third-order valence-electron chi connectivity index (χ3n) is 2.72. The molecule has 120 valence electrons. The Morgan fingerprint density at radius 3 is 2.14 bits per heavy atom. The quantitative estimate of drug-likeness (QED) is 0.702. The van der Waals surface area contributed by atoms with Crippen molar-refractivity contribution >= 4 is 12.8 Å². The van der Waals surface area contributed by atoms with Gasteiger partial charge in [-0.25, -0.2) is 4.79 Å². The van der Waals surface area contributed by atoms with Crippen LogP contribution in [0.1, 0.15) is 45.1 Å². The second kappa shape index (κ2) is 14.4.